The maximum atomic E-state index is 5.54. The molecule has 0 bridgehead atoms. The molecule has 0 unspecified atom stereocenters. The molecule has 0 aliphatic rings. The van der Waals surface area contributed by atoms with E-state index < -0.39 is 0 Å². The Labute approximate surface area is 81.9 Å². The van der Waals surface area contributed by atoms with Crippen LogP contribution >= 0.6 is 24.0 Å². The van der Waals surface area contributed by atoms with Gasteiger partial charge in [-0.25, -0.2) is 4.98 Å². The zero-order valence-corrected chi connectivity index (χ0v) is 8.66. The third-order valence-electron chi connectivity index (χ3n) is 1.41. The van der Waals surface area contributed by atoms with Crippen LogP contribution in [0.4, 0.5) is 5.13 Å². The van der Waals surface area contributed by atoms with Gasteiger partial charge in [-0.05, 0) is 25.2 Å². The molecule has 1 heterocycles. The first kappa shape index (κ1) is 9.61. The number of hydrogen-bond donors (Lipinski definition) is 2. The monoisotopic (exact) mass is 200 g/mol. The Hall–Kier alpha value is -0.480. The van der Waals surface area contributed by atoms with Crippen molar-refractivity contribution in [1.29, 1.82) is 0 Å². The third-order valence-corrected chi connectivity index (χ3v) is 2.62. The van der Waals surface area contributed by atoms with Crippen LogP contribution in [0.2, 0.25) is 0 Å². The molecule has 0 amide bonds. The Morgan fingerprint density at radius 2 is 2.42 bits per heavy atom. The molecule has 0 aromatic carbocycles. The Morgan fingerprint density at radius 1 is 1.67 bits per heavy atom. The molecule has 0 spiro atoms. The number of thiol groups is 1. The van der Waals surface area contributed by atoms with Crippen LogP contribution in [0.1, 0.15) is 17.0 Å². The molecule has 2 nitrogen and oxygen atoms in total. The molecular formula is C8H12N2S2. The minimum absolute atomic E-state index is 0.637. The predicted molar refractivity (Wildman–Crippen MR) is 58.8 cm³/mol. The summed E-state index contributed by atoms with van der Waals surface area (Å²) >= 11 is 5.63. The minimum atomic E-state index is 0.637. The van der Waals surface area contributed by atoms with Crippen molar-refractivity contribution in [1.82, 2.24) is 4.98 Å². The smallest absolute Gasteiger partial charge is 0.180 e. The van der Waals surface area contributed by atoms with Gasteiger partial charge in [0, 0.05) is 0 Å². The van der Waals surface area contributed by atoms with Gasteiger partial charge < -0.3 is 5.73 Å². The van der Waals surface area contributed by atoms with Crippen LogP contribution in [0.25, 0.3) is 6.08 Å². The number of thiazole rings is 1. The van der Waals surface area contributed by atoms with E-state index in [1.54, 1.807) is 0 Å². The number of rotatable bonds is 3. The lowest BCUT2D eigenvalue weighted by atomic mass is 10.3. The lowest BCUT2D eigenvalue weighted by molar-refractivity contribution is 1.25. The molecule has 12 heavy (non-hydrogen) atoms. The van der Waals surface area contributed by atoms with Gasteiger partial charge in [-0.15, -0.1) is 0 Å². The van der Waals surface area contributed by atoms with E-state index in [2.05, 4.69) is 29.8 Å². The summed E-state index contributed by atoms with van der Waals surface area (Å²) in [6.07, 6.45) is 5.13. The quantitative estimate of drug-likeness (QED) is 0.735. The standard InChI is InChI=1S/C8H12N2S2/c1-6-7(4-2-3-5-11)12-8(9)10-6/h2,4,11H,3,5H2,1H3,(H2,9,10). The Bertz CT molecular complexity index is 279. The van der Waals surface area contributed by atoms with Gasteiger partial charge in [0.25, 0.3) is 0 Å². The molecule has 0 saturated heterocycles. The largest absolute Gasteiger partial charge is 0.375 e. The summed E-state index contributed by atoms with van der Waals surface area (Å²) in [5.41, 5.74) is 6.55. The lowest BCUT2D eigenvalue weighted by Crippen LogP contribution is -1.80. The van der Waals surface area contributed by atoms with Crippen molar-refractivity contribution in [3.63, 3.8) is 0 Å². The van der Waals surface area contributed by atoms with E-state index in [0.29, 0.717) is 5.13 Å². The second-order valence-electron chi connectivity index (χ2n) is 2.42. The number of allylic oxidation sites excluding steroid dienone is 1. The van der Waals surface area contributed by atoms with Gasteiger partial charge >= 0.3 is 0 Å². The number of aryl methyl sites for hydroxylation is 1. The van der Waals surface area contributed by atoms with Crippen LogP contribution in [-0.2, 0) is 0 Å². The number of aromatic nitrogens is 1. The molecule has 0 aliphatic heterocycles. The highest BCUT2D eigenvalue weighted by atomic mass is 32.1. The molecule has 1 aromatic heterocycles. The normalized spacial score (nSPS) is 11.2. The first-order valence-corrected chi connectivity index (χ1v) is 5.19. The number of nitrogen functional groups attached to an aromatic ring is 1. The first-order valence-electron chi connectivity index (χ1n) is 3.74. The van der Waals surface area contributed by atoms with Crippen LogP contribution in [0.5, 0.6) is 0 Å². The molecule has 0 fully saturated rings. The van der Waals surface area contributed by atoms with Gasteiger partial charge in [0.05, 0.1) is 10.6 Å². The fraction of sp³-hybridized carbons (Fsp3) is 0.375. The van der Waals surface area contributed by atoms with Gasteiger partial charge in [0.2, 0.25) is 0 Å². The summed E-state index contributed by atoms with van der Waals surface area (Å²) in [4.78, 5) is 5.26. The molecule has 2 N–H and O–H groups in total. The van der Waals surface area contributed by atoms with E-state index in [1.165, 1.54) is 11.3 Å². The van der Waals surface area contributed by atoms with Gasteiger partial charge in [0.1, 0.15) is 0 Å². The van der Waals surface area contributed by atoms with Crippen LogP contribution in [0, 0.1) is 6.92 Å². The van der Waals surface area contributed by atoms with Crippen molar-refractivity contribution in [3.05, 3.63) is 16.6 Å². The zero-order valence-electron chi connectivity index (χ0n) is 6.95. The van der Waals surface area contributed by atoms with E-state index in [0.717, 1.165) is 22.7 Å². The fourth-order valence-corrected chi connectivity index (χ4v) is 1.76. The van der Waals surface area contributed by atoms with Crippen LogP contribution in [0.3, 0.4) is 0 Å². The summed E-state index contributed by atoms with van der Waals surface area (Å²) in [5, 5.41) is 0.637. The molecule has 1 aromatic rings. The molecule has 0 radical (unpaired) electrons. The highest BCUT2D eigenvalue weighted by Crippen LogP contribution is 2.20. The van der Waals surface area contributed by atoms with Crippen molar-refractivity contribution in [3.8, 4) is 0 Å². The number of nitrogens with two attached hydrogens (primary N) is 1. The van der Waals surface area contributed by atoms with Crippen LogP contribution in [0.15, 0.2) is 6.08 Å². The Morgan fingerprint density at radius 3 is 2.92 bits per heavy atom. The van der Waals surface area contributed by atoms with Crippen LogP contribution in [-0.4, -0.2) is 10.7 Å². The highest BCUT2D eigenvalue weighted by molar-refractivity contribution is 7.80. The second-order valence-corrected chi connectivity index (χ2v) is 3.93. The molecule has 1 rings (SSSR count). The maximum Gasteiger partial charge on any atom is 0.180 e. The van der Waals surface area contributed by atoms with Gasteiger partial charge in [-0.1, -0.05) is 17.4 Å². The number of nitrogens with zero attached hydrogens (tertiary/aromatic N) is 1. The number of anilines is 1. The van der Waals surface area contributed by atoms with Gasteiger partial charge in [-0.3, -0.25) is 0 Å². The SMILES string of the molecule is Cc1nc(N)sc1C=CCCS. The van der Waals surface area contributed by atoms with Crippen molar-refractivity contribution in [2.24, 2.45) is 0 Å². The van der Waals surface area contributed by atoms with Crippen molar-refractivity contribution in [2.45, 2.75) is 13.3 Å². The Balaban J connectivity index is 2.68. The maximum absolute atomic E-state index is 5.54. The summed E-state index contributed by atoms with van der Waals surface area (Å²) < 4.78 is 0. The topological polar surface area (TPSA) is 38.9 Å². The van der Waals surface area contributed by atoms with E-state index in [1.807, 2.05) is 6.92 Å². The molecule has 0 atom stereocenters. The predicted octanol–water partition coefficient (Wildman–Crippen LogP) is 2.37. The average Bonchev–Trinajstić information content (AvgIpc) is 2.31. The summed E-state index contributed by atoms with van der Waals surface area (Å²) in [6.45, 7) is 1.97. The fourth-order valence-electron chi connectivity index (χ4n) is 0.849. The minimum Gasteiger partial charge on any atom is -0.375 e. The summed E-state index contributed by atoms with van der Waals surface area (Å²) in [5.74, 6) is 0.879. The van der Waals surface area contributed by atoms with Crippen molar-refractivity contribution < 1.29 is 0 Å². The molecular weight excluding hydrogens is 188 g/mol. The second kappa shape index (κ2) is 4.52. The summed E-state index contributed by atoms with van der Waals surface area (Å²) in [7, 11) is 0. The highest BCUT2D eigenvalue weighted by Gasteiger charge is 1.99. The third kappa shape index (κ3) is 2.53. The lowest BCUT2D eigenvalue weighted by Gasteiger charge is -1.86. The molecule has 0 aliphatic carbocycles. The molecule has 66 valence electrons. The van der Waals surface area contributed by atoms with Crippen molar-refractivity contribution in [2.75, 3.05) is 11.5 Å². The van der Waals surface area contributed by atoms with E-state index in [9.17, 15) is 0 Å². The van der Waals surface area contributed by atoms with E-state index >= 15 is 0 Å². The van der Waals surface area contributed by atoms with Crippen LogP contribution < -0.4 is 5.73 Å². The van der Waals surface area contributed by atoms with E-state index in [4.69, 9.17) is 5.73 Å². The first-order chi connectivity index (χ1) is 5.74. The van der Waals surface area contributed by atoms with Gasteiger partial charge in [0.15, 0.2) is 5.13 Å². The summed E-state index contributed by atoms with van der Waals surface area (Å²) in [6, 6.07) is 0. The van der Waals surface area contributed by atoms with E-state index in [-0.39, 0.29) is 0 Å². The van der Waals surface area contributed by atoms with Gasteiger partial charge in [-0.2, -0.15) is 12.6 Å². The molecule has 4 heteroatoms. The van der Waals surface area contributed by atoms with Crippen molar-refractivity contribution >= 4 is 35.2 Å². The zero-order chi connectivity index (χ0) is 8.97. The molecule has 0 saturated carbocycles. The Kier molecular flexibility index (Phi) is 3.62. The number of hydrogen-bond acceptors (Lipinski definition) is 4. The average molecular weight is 200 g/mol.